The summed E-state index contributed by atoms with van der Waals surface area (Å²) in [5.41, 5.74) is 0.888. The zero-order valence-electron chi connectivity index (χ0n) is 15.0. The molecule has 25 heavy (non-hydrogen) atoms. The Morgan fingerprint density at radius 1 is 1.32 bits per heavy atom. The van der Waals surface area contributed by atoms with Gasteiger partial charge in [0, 0.05) is 30.0 Å². The molecule has 1 aliphatic heterocycles. The highest BCUT2D eigenvalue weighted by Crippen LogP contribution is 2.21. The fourth-order valence-corrected chi connectivity index (χ4v) is 4.03. The Morgan fingerprint density at radius 3 is 2.84 bits per heavy atom. The number of benzene rings is 1. The topological polar surface area (TPSA) is 50.2 Å². The Bertz CT molecular complexity index is 719. The molecule has 0 aliphatic carbocycles. The molecule has 2 atom stereocenters. The molecule has 1 aromatic carbocycles. The maximum Gasteiger partial charge on any atom is 0.241 e. The summed E-state index contributed by atoms with van der Waals surface area (Å²) in [7, 11) is 0. The van der Waals surface area contributed by atoms with E-state index in [1.807, 2.05) is 18.2 Å². The molecule has 2 aromatic rings. The predicted octanol–water partition coefficient (Wildman–Crippen LogP) is 3.17. The van der Waals surface area contributed by atoms with Crippen molar-refractivity contribution in [2.24, 2.45) is 11.8 Å². The third kappa shape index (κ3) is 4.95. The van der Waals surface area contributed by atoms with E-state index in [-0.39, 0.29) is 12.5 Å². The van der Waals surface area contributed by atoms with Crippen LogP contribution in [0.25, 0.3) is 10.9 Å². The van der Waals surface area contributed by atoms with Gasteiger partial charge in [-0.15, -0.1) is 0 Å². The van der Waals surface area contributed by atoms with Gasteiger partial charge in [-0.25, -0.2) is 0 Å². The van der Waals surface area contributed by atoms with Crippen molar-refractivity contribution in [2.75, 3.05) is 26.2 Å². The summed E-state index contributed by atoms with van der Waals surface area (Å²) in [5, 5.41) is 8.93. The Morgan fingerprint density at radius 2 is 2.08 bits per heavy atom. The second-order valence-electron chi connectivity index (χ2n) is 7.41. The number of carbonyl (C=O) groups excluding carboxylic acids is 1. The van der Waals surface area contributed by atoms with Crippen LogP contribution >= 0.6 is 11.6 Å². The largest absolute Gasteiger partial charge is 0.354 e. The fraction of sp³-hybridized carbons (Fsp3) is 0.579. The Hall–Kier alpha value is -1.59. The molecule has 0 spiro atoms. The van der Waals surface area contributed by atoms with Crippen molar-refractivity contribution in [1.82, 2.24) is 20.0 Å². The lowest BCUT2D eigenvalue weighted by molar-refractivity contribution is -0.121. The minimum absolute atomic E-state index is 0.00893. The fourth-order valence-electron chi connectivity index (χ4n) is 3.87. The van der Waals surface area contributed by atoms with Gasteiger partial charge in [-0.2, -0.15) is 5.10 Å². The molecule has 0 saturated carbocycles. The monoisotopic (exact) mass is 362 g/mol. The molecule has 1 fully saturated rings. The van der Waals surface area contributed by atoms with Crippen LogP contribution in [0.5, 0.6) is 0 Å². The quantitative estimate of drug-likeness (QED) is 0.803. The number of carbonyl (C=O) groups is 1. The molecular formula is C19H27ClN4O. The third-order valence-corrected chi connectivity index (χ3v) is 5.05. The first-order chi connectivity index (χ1) is 12.0. The molecule has 6 heteroatoms. The van der Waals surface area contributed by atoms with Gasteiger partial charge < -0.3 is 10.2 Å². The van der Waals surface area contributed by atoms with Crippen molar-refractivity contribution in [3.63, 3.8) is 0 Å². The van der Waals surface area contributed by atoms with Crippen LogP contribution < -0.4 is 5.32 Å². The van der Waals surface area contributed by atoms with Gasteiger partial charge in [0.2, 0.25) is 5.91 Å². The van der Waals surface area contributed by atoms with Crippen molar-refractivity contribution < 1.29 is 4.79 Å². The standard InChI is InChI=1S/C19H27ClN4O/c1-14-8-15(2)12-23(11-14)7-3-6-21-19(25)13-24-18-9-17(20)5-4-16(18)10-22-24/h4-5,9-10,14-15H,3,6-8,11-13H2,1-2H3,(H,21,25)/t14-,15-/m1/s1. The van der Waals surface area contributed by atoms with E-state index in [4.69, 9.17) is 11.6 Å². The Balaban J connectivity index is 1.43. The van der Waals surface area contributed by atoms with E-state index in [2.05, 4.69) is 29.2 Å². The average Bonchev–Trinajstić information content (AvgIpc) is 2.93. The van der Waals surface area contributed by atoms with E-state index in [0.717, 1.165) is 35.7 Å². The predicted molar refractivity (Wildman–Crippen MR) is 102 cm³/mol. The Kier molecular flexibility index (Phi) is 5.97. The number of hydrogen-bond acceptors (Lipinski definition) is 3. The highest BCUT2D eigenvalue weighted by Gasteiger charge is 2.21. The van der Waals surface area contributed by atoms with E-state index in [9.17, 15) is 4.79 Å². The lowest BCUT2D eigenvalue weighted by Gasteiger charge is -2.34. The van der Waals surface area contributed by atoms with Crippen LogP contribution in [-0.4, -0.2) is 46.8 Å². The van der Waals surface area contributed by atoms with E-state index in [0.29, 0.717) is 11.6 Å². The minimum Gasteiger partial charge on any atom is -0.354 e. The normalized spacial score (nSPS) is 21.6. The number of nitrogens with one attached hydrogen (secondary N) is 1. The first-order valence-corrected chi connectivity index (χ1v) is 9.49. The maximum absolute atomic E-state index is 12.2. The molecular weight excluding hydrogens is 336 g/mol. The van der Waals surface area contributed by atoms with Gasteiger partial charge >= 0.3 is 0 Å². The number of hydrogen-bond donors (Lipinski definition) is 1. The number of amides is 1. The van der Waals surface area contributed by atoms with Crippen LogP contribution in [0.4, 0.5) is 0 Å². The number of piperidine rings is 1. The van der Waals surface area contributed by atoms with Crippen LogP contribution in [0.15, 0.2) is 24.4 Å². The zero-order chi connectivity index (χ0) is 17.8. The number of likely N-dealkylation sites (tertiary alicyclic amines) is 1. The van der Waals surface area contributed by atoms with Gasteiger partial charge in [-0.1, -0.05) is 25.4 Å². The molecule has 1 aromatic heterocycles. The first kappa shape index (κ1) is 18.2. The maximum atomic E-state index is 12.2. The van der Waals surface area contributed by atoms with Crippen LogP contribution in [0, 0.1) is 11.8 Å². The van der Waals surface area contributed by atoms with Crippen molar-refractivity contribution in [2.45, 2.75) is 33.2 Å². The molecule has 2 heterocycles. The second-order valence-corrected chi connectivity index (χ2v) is 7.85. The van der Waals surface area contributed by atoms with Crippen LogP contribution in [0.1, 0.15) is 26.7 Å². The summed E-state index contributed by atoms with van der Waals surface area (Å²) in [4.78, 5) is 14.7. The van der Waals surface area contributed by atoms with Crippen molar-refractivity contribution in [3.05, 3.63) is 29.4 Å². The minimum atomic E-state index is -0.00893. The molecule has 136 valence electrons. The number of halogens is 1. The molecule has 0 bridgehead atoms. The number of nitrogens with zero attached hydrogens (tertiary/aromatic N) is 3. The summed E-state index contributed by atoms with van der Waals surface area (Å²) in [5.74, 6) is 1.54. The molecule has 1 aliphatic rings. The van der Waals surface area contributed by atoms with Gasteiger partial charge in [-0.3, -0.25) is 9.48 Å². The molecule has 1 N–H and O–H groups in total. The summed E-state index contributed by atoms with van der Waals surface area (Å²) in [6.07, 6.45) is 4.07. The van der Waals surface area contributed by atoms with Gasteiger partial charge in [0.25, 0.3) is 0 Å². The second kappa shape index (κ2) is 8.19. The van der Waals surface area contributed by atoms with Crippen LogP contribution in [-0.2, 0) is 11.3 Å². The lowest BCUT2D eigenvalue weighted by Crippen LogP contribution is -2.40. The summed E-state index contributed by atoms with van der Waals surface area (Å²) < 4.78 is 1.70. The van der Waals surface area contributed by atoms with Gasteiger partial charge in [-0.05, 0) is 49.4 Å². The first-order valence-electron chi connectivity index (χ1n) is 9.11. The highest BCUT2D eigenvalue weighted by molar-refractivity contribution is 6.31. The summed E-state index contributed by atoms with van der Waals surface area (Å²) in [6, 6.07) is 5.59. The SMILES string of the molecule is C[C@@H]1C[C@@H](C)CN(CCCNC(=O)Cn2ncc3ccc(Cl)cc32)C1. The molecule has 1 amide bonds. The molecule has 0 unspecified atom stereocenters. The van der Waals surface area contributed by atoms with Gasteiger partial charge in [0.15, 0.2) is 0 Å². The number of fused-ring (bicyclic) bond motifs is 1. The molecule has 0 radical (unpaired) electrons. The molecule has 1 saturated heterocycles. The lowest BCUT2D eigenvalue weighted by atomic mass is 9.92. The zero-order valence-corrected chi connectivity index (χ0v) is 15.8. The number of aromatic nitrogens is 2. The summed E-state index contributed by atoms with van der Waals surface area (Å²) >= 11 is 6.03. The molecule has 3 rings (SSSR count). The summed E-state index contributed by atoms with van der Waals surface area (Å²) in [6.45, 7) is 8.99. The number of rotatable bonds is 6. The smallest absolute Gasteiger partial charge is 0.241 e. The highest BCUT2D eigenvalue weighted by atomic mass is 35.5. The average molecular weight is 363 g/mol. The van der Waals surface area contributed by atoms with Gasteiger partial charge in [0.05, 0.1) is 11.7 Å². The van der Waals surface area contributed by atoms with E-state index < -0.39 is 0 Å². The van der Waals surface area contributed by atoms with E-state index in [1.165, 1.54) is 19.5 Å². The van der Waals surface area contributed by atoms with Crippen molar-refractivity contribution in [3.8, 4) is 0 Å². The third-order valence-electron chi connectivity index (χ3n) is 4.82. The van der Waals surface area contributed by atoms with E-state index in [1.54, 1.807) is 10.9 Å². The van der Waals surface area contributed by atoms with Crippen molar-refractivity contribution in [1.29, 1.82) is 0 Å². The van der Waals surface area contributed by atoms with Crippen LogP contribution in [0.3, 0.4) is 0 Å². The Labute approximate surface area is 154 Å². The van der Waals surface area contributed by atoms with Crippen molar-refractivity contribution >= 4 is 28.4 Å². The van der Waals surface area contributed by atoms with Gasteiger partial charge in [0.1, 0.15) is 6.54 Å². The van der Waals surface area contributed by atoms with Crippen LogP contribution in [0.2, 0.25) is 5.02 Å². The molecule has 5 nitrogen and oxygen atoms in total. The van der Waals surface area contributed by atoms with E-state index >= 15 is 0 Å².